The van der Waals surface area contributed by atoms with Crippen LogP contribution in [0.15, 0.2) is 0 Å². The molecule has 0 aliphatic rings. The molecule has 4 aromatic heterocycles. The van der Waals surface area contributed by atoms with E-state index in [0.29, 0.717) is 0 Å². The number of nitro groups is 2. The molecule has 0 spiro atoms. The molecule has 26 heavy (non-hydrogen) atoms. The standard InChI is InChI=1S/C8H4N12O6/c21-17-7-3(9-13-17)5(19(23)24)11-15(7)1-2-16-8-4(10-14-18(8)22)6(12-16)20(25)26/h1-2H2/q-2. The van der Waals surface area contributed by atoms with Crippen LogP contribution < -0.4 is 0 Å². The van der Waals surface area contributed by atoms with Gasteiger partial charge in [-0.05, 0) is 9.85 Å². The Morgan fingerprint density at radius 2 is 1.15 bits per heavy atom. The molecule has 0 fully saturated rings. The quantitative estimate of drug-likeness (QED) is 0.299. The van der Waals surface area contributed by atoms with Crippen LogP contribution in [0.2, 0.25) is 0 Å². The van der Waals surface area contributed by atoms with E-state index in [1.165, 1.54) is 0 Å². The average Bonchev–Trinajstić information content (AvgIpc) is 3.30. The molecule has 0 atom stereocenters. The molecule has 0 aliphatic carbocycles. The van der Waals surface area contributed by atoms with Crippen molar-refractivity contribution in [3.05, 3.63) is 30.6 Å². The summed E-state index contributed by atoms with van der Waals surface area (Å²) in [5.41, 5.74) is -1.17. The molecule has 0 saturated carbocycles. The van der Waals surface area contributed by atoms with Crippen molar-refractivity contribution < 1.29 is 9.85 Å². The lowest BCUT2D eigenvalue weighted by Crippen LogP contribution is -2.13. The Kier molecular flexibility index (Phi) is 2.95. The predicted molar refractivity (Wildman–Crippen MR) is 77.5 cm³/mol. The Morgan fingerprint density at radius 1 is 0.769 bits per heavy atom. The minimum absolute atomic E-state index is 0.0515. The van der Waals surface area contributed by atoms with Crippen molar-refractivity contribution in [2.75, 3.05) is 0 Å². The van der Waals surface area contributed by atoms with E-state index in [2.05, 4.69) is 30.8 Å². The van der Waals surface area contributed by atoms with Crippen LogP contribution in [-0.4, -0.2) is 59.7 Å². The van der Waals surface area contributed by atoms with Crippen molar-refractivity contribution in [3.8, 4) is 0 Å². The zero-order valence-corrected chi connectivity index (χ0v) is 12.2. The first-order chi connectivity index (χ1) is 12.4. The number of fused-ring (bicyclic) bond motifs is 2. The summed E-state index contributed by atoms with van der Waals surface area (Å²) >= 11 is 0. The highest BCUT2D eigenvalue weighted by molar-refractivity contribution is 5.80. The van der Waals surface area contributed by atoms with Crippen molar-refractivity contribution >= 4 is 34.0 Å². The molecular weight excluding hydrogens is 360 g/mol. The zero-order chi connectivity index (χ0) is 18.6. The van der Waals surface area contributed by atoms with Crippen LogP contribution in [-0.2, 0) is 13.1 Å². The van der Waals surface area contributed by atoms with E-state index in [-0.39, 0.29) is 45.1 Å². The highest BCUT2D eigenvalue weighted by Gasteiger charge is 2.28. The van der Waals surface area contributed by atoms with Gasteiger partial charge in [-0.25, -0.2) is 0 Å². The lowest BCUT2D eigenvalue weighted by molar-refractivity contribution is -0.388. The van der Waals surface area contributed by atoms with Gasteiger partial charge >= 0.3 is 11.6 Å². The molecule has 134 valence electrons. The molecule has 0 saturated heterocycles. The van der Waals surface area contributed by atoms with Crippen molar-refractivity contribution in [3.63, 3.8) is 0 Å². The van der Waals surface area contributed by atoms with Crippen molar-refractivity contribution in [2.45, 2.75) is 13.1 Å². The number of aryl methyl sites for hydroxylation is 2. The minimum Gasteiger partial charge on any atom is -0.788 e. The molecule has 18 nitrogen and oxygen atoms in total. The summed E-state index contributed by atoms with van der Waals surface area (Å²) in [7, 11) is 0. The first-order valence-corrected chi connectivity index (χ1v) is 6.66. The molecule has 0 aliphatic heterocycles. The third kappa shape index (κ3) is 1.98. The molecule has 0 aromatic carbocycles. The molecule has 0 amide bonds. The first-order valence-electron chi connectivity index (χ1n) is 6.66. The Balaban J connectivity index is 1.74. The van der Waals surface area contributed by atoms with E-state index >= 15 is 0 Å². The van der Waals surface area contributed by atoms with Crippen molar-refractivity contribution in [2.24, 2.45) is 0 Å². The minimum atomic E-state index is -0.832. The Morgan fingerprint density at radius 3 is 1.50 bits per heavy atom. The van der Waals surface area contributed by atoms with Gasteiger partial charge in [-0.2, -0.15) is 9.36 Å². The van der Waals surface area contributed by atoms with Gasteiger partial charge < -0.3 is 30.6 Å². The van der Waals surface area contributed by atoms with E-state index < -0.39 is 21.5 Å². The summed E-state index contributed by atoms with van der Waals surface area (Å²) < 4.78 is 1.89. The molecular formula is C8H4N12O6-2. The van der Waals surface area contributed by atoms with Crippen LogP contribution in [0.4, 0.5) is 11.6 Å². The Hall–Kier alpha value is -4.38. The van der Waals surface area contributed by atoms with Crippen molar-refractivity contribution in [1.29, 1.82) is 0 Å². The normalized spacial score (nSPS) is 11.5. The van der Waals surface area contributed by atoms with Gasteiger partial charge in [-0.3, -0.25) is 9.69 Å². The maximum Gasteiger partial charge on any atom is 0.420 e. The molecule has 4 rings (SSSR count). The number of rotatable bonds is 5. The third-order valence-corrected chi connectivity index (χ3v) is 3.45. The van der Waals surface area contributed by atoms with Gasteiger partial charge in [0.2, 0.25) is 22.3 Å². The van der Waals surface area contributed by atoms with Gasteiger partial charge in [0.15, 0.2) is 0 Å². The number of hydrogen-bond donors (Lipinski definition) is 0. The zero-order valence-electron chi connectivity index (χ0n) is 12.2. The van der Waals surface area contributed by atoms with E-state index in [1.54, 1.807) is 0 Å². The average molecular weight is 364 g/mol. The van der Waals surface area contributed by atoms with Gasteiger partial charge in [0.05, 0.1) is 23.3 Å². The fraction of sp³-hybridized carbons (Fsp3) is 0.250. The second-order valence-corrected chi connectivity index (χ2v) is 4.88. The highest BCUT2D eigenvalue weighted by atomic mass is 16.6. The van der Waals surface area contributed by atoms with E-state index in [4.69, 9.17) is 0 Å². The highest BCUT2D eigenvalue weighted by Crippen LogP contribution is 2.24. The van der Waals surface area contributed by atoms with Crippen LogP contribution in [0.25, 0.3) is 22.3 Å². The smallest absolute Gasteiger partial charge is 0.420 e. The summed E-state index contributed by atoms with van der Waals surface area (Å²) in [6.45, 7) is -0.391. The van der Waals surface area contributed by atoms with Crippen LogP contribution in [0.5, 0.6) is 0 Å². The van der Waals surface area contributed by atoms with Crippen LogP contribution in [0.3, 0.4) is 0 Å². The second-order valence-electron chi connectivity index (χ2n) is 4.88. The van der Waals surface area contributed by atoms with Gasteiger partial charge in [0, 0.05) is 0 Å². The van der Waals surface area contributed by atoms with Crippen LogP contribution in [0, 0.1) is 30.6 Å². The monoisotopic (exact) mass is 364 g/mol. The lowest BCUT2D eigenvalue weighted by Gasteiger charge is -2.05. The van der Waals surface area contributed by atoms with Gasteiger partial charge in [-0.1, -0.05) is 10.4 Å². The van der Waals surface area contributed by atoms with Gasteiger partial charge in [0.1, 0.15) is 0 Å². The largest absolute Gasteiger partial charge is 0.788 e. The van der Waals surface area contributed by atoms with E-state index in [9.17, 15) is 30.6 Å². The molecule has 4 heterocycles. The molecule has 0 radical (unpaired) electrons. The fourth-order valence-corrected chi connectivity index (χ4v) is 2.42. The second kappa shape index (κ2) is 5.06. The topological polar surface area (TPSA) is 229 Å². The number of hydrogen-bond acceptors (Lipinski definition) is 12. The summed E-state index contributed by atoms with van der Waals surface area (Å²) in [5, 5.41) is 65.6. The number of aromatic nitrogens is 10. The van der Waals surface area contributed by atoms with Gasteiger partial charge in [-0.15, -0.1) is 10.2 Å². The molecule has 4 aromatic rings. The summed E-state index contributed by atoms with van der Waals surface area (Å²) in [6.07, 6.45) is 0. The Labute approximate surface area is 138 Å². The van der Waals surface area contributed by atoms with Crippen molar-refractivity contribution in [1.82, 2.24) is 49.9 Å². The molecule has 18 heteroatoms. The number of nitrogens with zero attached hydrogens (tertiary/aromatic N) is 12. The third-order valence-electron chi connectivity index (χ3n) is 3.45. The maximum absolute atomic E-state index is 11.6. The fourth-order valence-electron chi connectivity index (χ4n) is 2.42. The molecule has 0 N–H and O–H groups in total. The Bertz CT molecular complexity index is 1090. The van der Waals surface area contributed by atoms with E-state index in [0.717, 1.165) is 9.36 Å². The predicted octanol–water partition coefficient (Wildman–Crippen LogP) is -1.22. The van der Waals surface area contributed by atoms with E-state index in [1.807, 2.05) is 0 Å². The van der Waals surface area contributed by atoms with Crippen LogP contribution >= 0.6 is 0 Å². The summed E-state index contributed by atoms with van der Waals surface area (Å²) in [4.78, 5) is 20.4. The first kappa shape index (κ1) is 15.2. The van der Waals surface area contributed by atoms with Crippen LogP contribution in [0.1, 0.15) is 0 Å². The summed E-state index contributed by atoms with van der Waals surface area (Å²) in [5.74, 6) is -1.34. The van der Waals surface area contributed by atoms with Gasteiger partial charge in [0.25, 0.3) is 0 Å². The molecule has 0 unspecified atom stereocenters. The maximum atomic E-state index is 11.6. The SMILES string of the molecule is O=[N+]([O-])c1nn(CCn2nc([N+](=O)[O-])c3nnn([O-])c32)c2c1nnn2[O-]. The lowest BCUT2D eigenvalue weighted by atomic mass is 10.5. The molecule has 0 bridgehead atoms. The summed E-state index contributed by atoms with van der Waals surface area (Å²) in [6, 6.07) is 0.